The first-order valence-electron chi connectivity index (χ1n) is 10.7. The summed E-state index contributed by atoms with van der Waals surface area (Å²) in [5.74, 6) is 1.05. The summed E-state index contributed by atoms with van der Waals surface area (Å²) in [5.41, 5.74) is 2.09. The molecule has 0 aromatic heterocycles. The molecule has 1 amide bonds. The fourth-order valence-corrected chi connectivity index (χ4v) is 5.23. The zero-order chi connectivity index (χ0) is 24.3. The van der Waals surface area contributed by atoms with Gasteiger partial charge in [0.05, 0.1) is 31.3 Å². The van der Waals surface area contributed by atoms with Crippen molar-refractivity contribution in [2.45, 2.75) is 24.5 Å². The first-order chi connectivity index (χ1) is 16.3. The summed E-state index contributed by atoms with van der Waals surface area (Å²) < 4.78 is 44.6. The summed E-state index contributed by atoms with van der Waals surface area (Å²) >= 11 is 0. The SMILES string of the molecule is COc1ccc(CNC(=O)[C@H]2CN(S(=O)(=O)c3ccccc3)c3cc(C)ccc3O2)cc1OC. The van der Waals surface area contributed by atoms with Gasteiger partial charge in [0.25, 0.3) is 15.9 Å². The van der Waals surface area contributed by atoms with Crippen LogP contribution in [0.3, 0.4) is 0 Å². The highest BCUT2D eigenvalue weighted by molar-refractivity contribution is 7.92. The van der Waals surface area contributed by atoms with Crippen molar-refractivity contribution >= 4 is 21.6 Å². The molecule has 1 aliphatic heterocycles. The number of aryl methyl sites for hydroxylation is 1. The fourth-order valence-electron chi connectivity index (χ4n) is 3.74. The predicted octanol–water partition coefficient (Wildman–Crippen LogP) is 3.28. The molecule has 1 heterocycles. The Kier molecular flexibility index (Phi) is 6.65. The molecular formula is C25H26N2O6S. The van der Waals surface area contributed by atoms with E-state index in [0.717, 1.165) is 11.1 Å². The van der Waals surface area contributed by atoms with Gasteiger partial charge in [0.1, 0.15) is 5.75 Å². The van der Waals surface area contributed by atoms with Gasteiger partial charge in [0, 0.05) is 6.54 Å². The van der Waals surface area contributed by atoms with Crippen molar-refractivity contribution in [2.75, 3.05) is 25.1 Å². The number of amides is 1. The molecule has 3 aromatic carbocycles. The fraction of sp³-hybridized carbons (Fsp3) is 0.240. The highest BCUT2D eigenvalue weighted by Gasteiger charge is 2.37. The lowest BCUT2D eigenvalue weighted by Gasteiger charge is -2.35. The molecule has 9 heteroatoms. The second-order valence-electron chi connectivity index (χ2n) is 7.83. The van der Waals surface area contributed by atoms with Crippen LogP contribution in [0.25, 0.3) is 0 Å². The van der Waals surface area contributed by atoms with E-state index in [-0.39, 0.29) is 18.0 Å². The third kappa shape index (κ3) is 4.65. The van der Waals surface area contributed by atoms with Crippen molar-refractivity contribution in [3.63, 3.8) is 0 Å². The van der Waals surface area contributed by atoms with E-state index in [1.807, 2.05) is 19.1 Å². The zero-order valence-electron chi connectivity index (χ0n) is 19.1. The average Bonchev–Trinajstić information content (AvgIpc) is 2.86. The van der Waals surface area contributed by atoms with Gasteiger partial charge < -0.3 is 19.5 Å². The summed E-state index contributed by atoms with van der Waals surface area (Å²) in [7, 11) is -0.811. The number of benzene rings is 3. The Morgan fingerprint density at radius 1 is 1.03 bits per heavy atom. The van der Waals surface area contributed by atoms with Gasteiger partial charge in [-0.25, -0.2) is 8.42 Å². The molecule has 1 N–H and O–H groups in total. The Morgan fingerprint density at radius 3 is 2.47 bits per heavy atom. The summed E-state index contributed by atoms with van der Waals surface area (Å²) in [6, 6.07) is 18.7. The van der Waals surface area contributed by atoms with Crippen LogP contribution in [0.1, 0.15) is 11.1 Å². The molecule has 0 bridgehead atoms. The Labute approximate surface area is 199 Å². The largest absolute Gasteiger partial charge is 0.493 e. The van der Waals surface area contributed by atoms with Crippen molar-refractivity contribution in [3.8, 4) is 17.2 Å². The number of hydrogen-bond donors (Lipinski definition) is 1. The molecular weight excluding hydrogens is 456 g/mol. The van der Waals surface area contributed by atoms with E-state index >= 15 is 0 Å². The van der Waals surface area contributed by atoms with Crippen molar-refractivity contribution in [2.24, 2.45) is 0 Å². The third-order valence-corrected chi connectivity index (χ3v) is 7.32. The van der Waals surface area contributed by atoms with E-state index in [1.54, 1.807) is 49.6 Å². The molecule has 0 unspecified atom stereocenters. The van der Waals surface area contributed by atoms with Crippen LogP contribution in [-0.2, 0) is 21.4 Å². The van der Waals surface area contributed by atoms with Gasteiger partial charge in [-0.15, -0.1) is 0 Å². The highest BCUT2D eigenvalue weighted by Crippen LogP contribution is 2.37. The van der Waals surface area contributed by atoms with Crippen LogP contribution in [0.15, 0.2) is 71.6 Å². The highest BCUT2D eigenvalue weighted by atomic mass is 32.2. The summed E-state index contributed by atoms with van der Waals surface area (Å²) in [6.07, 6.45) is -1.02. The third-order valence-electron chi connectivity index (χ3n) is 5.52. The summed E-state index contributed by atoms with van der Waals surface area (Å²) in [6.45, 7) is 1.94. The first-order valence-corrected chi connectivity index (χ1v) is 12.1. The predicted molar refractivity (Wildman–Crippen MR) is 128 cm³/mol. The number of nitrogens with one attached hydrogen (secondary N) is 1. The Bertz CT molecular complexity index is 1290. The zero-order valence-corrected chi connectivity index (χ0v) is 20.0. The van der Waals surface area contributed by atoms with Gasteiger partial charge in [0.2, 0.25) is 0 Å². The van der Waals surface area contributed by atoms with E-state index in [2.05, 4.69) is 5.32 Å². The van der Waals surface area contributed by atoms with Gasteiger partial charge in [-0.1, -0.05) is 30.3 Å². The van der Waals surface area contributed by atoms with Crippen LogP contribution in [-0.4, -0.2) is 41.2 Å². The van der Waals surface area contributed by atoms with Gasteiger partial charge in [-0.2, -0.15) is 0 Å². The number of hydrogen-bond acceptors (Lipinski definition) is 6. The molecule has 1 atom stereocenters. The Morgan fingerprint density at radius 2 is 1.76 bits per heavy atom. The Balaban J connectivity index is 1.58. The standard InChI is InChI=1S/C25H26N2O6S/c1-17-9-11-21-20(13-17)27(34(29,30)19-7-5-4-6-8-19)16-24(33-21)25(28)26-15-18-10-12-22(31-2)23(14-18)32-3/h4-14,24H,15-16H2,1-3H3,(H,26,28)/t24-/m1/s1. The second-order valence-corrected chi connectivity index (χ2v) is 9.70. The number of sulfonamides is 1. The lowest BCUT2D eigenvalue weighted by atomic mass is 10.1. The number of ether oxygens (including phenoxy) is 3. The van der Waals surface area contributed by atoms with Crippen molar-refractivity contribution in [1.82, 2.24) is 5.32 Å². The topological polar surface area (TPSA) is 94.2 Å². The molecule has 1 aliphatic rings. The van der Waals surface area contributed by atoms with Crippen LogP contribution in [0.5, 0.6) is 17.2 Å². The van der Waals surface area contributed by atoms with Crippen molar-refractivity contribution in [1.29, 1.82) is 0 Å². The van der Waals surface area contributed by atoms with Crippen LogP contribution in [0, 0.1) is 6.92 Å². The van der Waals surface area contributed by atoms with Gasteiger partial charge in [-0.05, 0) is 54.4 Å². The van der Waals surface area contributed by atoms with Crippen LogP contribution < -0.4 is 23.8 Å². The summed E-state index contributed by atoms with van der Waals surface area (Å²) in [4.78, 5) is 13.2. The van der Waals surface area contributed by atoms with Gasteiger partial charge >= 0.3 is 0 Å². The molecule has 0 saturated heterocycles. The molecule has 178 valence electrons. The van der Waals surface area contributed by atoms with Crippen molar-refractivity contribution in [3.05, 3.63) is 77.9 Å². The molecule has 0 radical (unpaired) electrons. The Hall–Kier alpha value is -3.72. The first kappa shape index (κ1) is 23.4. The van der Waals surface area contributed by atoms with Gasteiger partial charge in [-0.3, -0.25) is 9.10 Å². The number of carbonyl (C=O) groups is 1. The van der Waals surface area contributed by atoms with E-state index in [1.165, 1.54) is 23.5 Å². The van der Waals surface area contributed by atoms with E-state index in [4.69, 9.17) is 14.2 Å². The maximum atomic E-state index is 13.5. The lowest BCUT2D eigenvalue weighted by Crippen LogP contribution is -2.50. The van der Waals surface area contributed by atoms with Crippen LogP contribution in [0.2, 0.25) is 0 Å². The minimum Gasteiger partial charge on any atom is -0.493 e. The van der Waals surface area contributed by atoms with Gasteiger partial charge in [0.15, 0.2) is 17.6 Å². The minimum absolute atomic E-state index is 0.147. The lowest BCUT2D eigenvalue weighted by molar-refractivity contribution is -0.127. The molecule has 0 saturated carbocycles. The summed E-state index contributed by atoms with van der Waals surface area (Å²) in [5, 5.41) is 2.83. The molecule has 8 nitrogen and oxygen atoms in total. The van der Waals surface area contributed by atoms with E-state index < -0.39 is 22.0 Å². The maximum absolute atomic E-state index is 13.5. The number of carbonyl (C=O) groups excluding carboxylic acids is 1. The number of methoxy groups -OCH3 is 2. The molecule has 34 heavy (non-hydrogen) atoms. The minimum atomic E-state index is -3.90. The number of nitrogens with zero attached hydrogens (tertiary/aromatic N) is 1. The number of anilines is 1. The normalized spacial score (nSPS) is 15.1. The quantitative estimate of drug-likeness (QED) is 0.556. The van der Waals surface area contributed by atoms with Crippen LogP contribution in [0.4, 0.5) is 5.69 Å². The smallest absolute Gasteiger partial charge is 0.264 e. The number of rotatable bonds is 7. The molecule has 0 aliphatic carbocycles. The second kappa shape index (κ2) is 9.64. The van der Waals surface area contributed by atoms with Crippen LogP contribution >= 0.6 is 0 Å². The molecule has 0 spiro atoms. The molecule has 0 fully saturated rings. The van der Waals surface area contributed by atoms with E-state index in [9.17, 15) is 13.2 Å². The average molecular weight is 483 g/mol. The maximum Gasteiger partial charge on any atom is 0.264 e. The molecule has 3 aromatic rings. The van der Waals surface area contributed by atoms with E-state index in [0.29, 0.717) is 22.9 Å². The van der Waals surface area contributed by atoms with Crippen molar-refractivity contribution < 1.29 is 27.4 Å². The number of fused-ring (bicyclic) bond motifs is 1. The monoisotopic (exact) mass is 482 g/mol. The molecule has 4 rings (SSSR count).